The maximum atomic E-state index is 3.51. The Morgan fingerprint density at radius 1 is 1.33 bits per heavy atom. The summed E-state index contributed by atoms with van der Waals surface area (Å²) in [4.78, 5) is 0. The fourth-order valence-electron chi connectivity index (χ4n) is 3.36. The maximum absolute atomic E-state index is 3.51. The van der Waals surface area contributed by atoms with Crippen molar-refractivity contribution in [1.82, 2.24) is 0 Å². The fourth-order valence-corrected chi connectivity index (χ4v) is 4.05. The zero-order valence-corrected chi connectivity index (χ0v) is 9.76. The molecule has 0 saturated heterocycles. The summed E-state index contributed by atoms with van der Waals surface area (Å²) in [6.07, 6.45) is 5.15. The average Bonchev–Trinajstić information content (AvgIpc) is 2.03. The maximum Gasteiger partial charge on any atom is 0.209 e. The summed E-state index contributed by atoms with van der Waals surface area (Å²) in [6, 6.07) is 0. The van der Waals surface area contributed by atoms with Gasteiger partial charge in [0.2, 0.25) is 6.10 Å². The monoisotopic (exact) mass is 227 g/mol. The van der Waals surface area contributed by atoms with Crippen molar-refractivity contribution in [1.29, 1.82) is 0 Å². The van der Waals surface area contributed by atoms with Crippen LogP contribution in [0.1, 0.15) is 33.6 Å². The van der Waals surface area contributed by atoms with E-state index >= 15 is 0 Å². The topological polar surface area (TPSA) is 0 Å². The van der Waals surface area contributed by atoms with E-state index in [1.54, 1.807) is 0 Å². The molecule has 4 atom stereocenters. The summed E-state index contributed by atoms with van der Waals surface area (Å²) in [5.74, 6) is 3.71. The Hall–Kier alpha value is 0.545. The van der Waals surface area contributed by atoms with Gasteiger partial charge in [-0.2, -0.15) is 15.8 Å². The fraction of sp³-hybridized carbons (Fsp3) is 1.00. The van der Waals surface area contributed by atoms with Crippen molar-refractivity contribution in [2.24, 2.45) is 23.2 Å². The van der Waals surface area contributed by atoms with Crippen molar-refractivity contribution in [2.75, 3.05) is 0 Å². The minimum atomic E-state index is 0.645. The molecule has 0 aliphatic heterocycles. The Labute approximate surface area is 84.7 Å². The van der Waals surface area contributed by atoms with Crippen LogP contribution in [0.25, 0.3) is 0 Å². The van der Waals surface area contributed by atoms with Crippen LogP contribution < -0.4 is 0 Å². The van der Waals surface area contributed by atoms with Gasteiger partial charge in [0, 0.05) is 0 Å². The second-order valence-corrected chi connectivity index (χ2v) is 5.77. The minimum Gasteiger partial charge on any atom is -0.165 e. The molecule has 3 aliphatic rings. The van der Waals surface area contributed by atoms with Gasteiger partial charge in [-0.15, -0.1) is 0 Å². The van der Waals surface area contributed by atoms with E-state index < -0.39 is 0 Å². The Bertz CT molecular complexity index is 190. The van der Waals surface area contributed by atoms with Gasteiger partial charge in [0.05, 0.1) is 0 Å². The van der Waals surface area contributed by atoms with E-state index in [9.17, 15) is 0 Å². The van der Waals surface area contributed by atoms with Crippen molar-refractivity contribution >= 4 is 21.9 Å². The zero-order valence-electron chi connectivity index (χ0n) is 8.18. The van der Waals surface area contributed by atoms with Crippen LogP contribution in [0.5, 0.6) is 0 Å². The highest BCUT2D eigenvalue weighted by Gasteiger charge is 2.55. The SMILES string of the molecule is CC1C([B]Br)CC2CC1C2(C)C. The molecule has 3 fully saturated rings. The molecule has 4 unspecified atom stereocenters. The van der Waals surface area contributed by atoms with Crippen LogP contribution in [0.3, 0.4) is 0 Å². The van der Waals surface area contributed by atoms with Gasteiger partial charge in [0.25, 0.3) is 0 Å². The number of hydrogen-bond acceptors (Lipinski definition) is 0. The number of hydrogen-bond donors (Lipinski definition) is 0. The normalized spacial score (nSPS) is 49.7. The summed E-state index contributed by atoms with van der Waals surface area (Å²) in [5.41, 5.74) is 0.645. The highest BCUT2D eigenvalue weighted by molar-refractivity contribution is 9.23. The minimum absolute atomic E-state index is 0.645. The van der Waals surface area contributed by atoms with Crippen molar-refractivity contribution in [3.63, 3.8) is 0 Å². The van der Waals surface area contributed by atoms with Crippen molar-refractivity contribution in [3.05, 3.63) is 0 Å². The second kappa shape index (κ2) is 2.77. The van der Waals surface area contributed by atoms with Gasteiger partial charge in [-0.25, -0.2) is 0 Å². The van der Waals surface area contributed by atoms with Crippen LogP contribution in [-0.4, -0.2) is 6.10 Å². The van der Waals surface area contributed by atoms with Gasteiger partial charge in [-0.05, 0) is 29.6 Å². The molecule has 0 aromatic carbocycles. The largest absolute Gasteiger partial charge is 0.209 e. The van der Waals surface area contributed by atoms with E-state index in [-0.39, 0.29) is 0 Å². The smallest absolute Gasteiger partial charge is 0.165 e. The van der Waals surface area contributed by atoms with Crippen LogP contribution in [-0.2, 0) is 0 Å². The summed E-state index contributed by atoms with van der Waals surface area (Å²) in [5, 5.41) is 0. The summed E-state index contributed by atoms with van der Waals surface area (Å²) in [7, 11) is 0. The van der Waals surface area contributed by atoms with E-state index in [2.05, 4.69) is 42.6 Å². The molecule has 0 aromatic heterocycles. The lowest BCUT2D eigenvalue weighted by Crippen LogP contribution is -2.53. The first kappa shape index (κ1) is 9.11. The first-order valence-corrected chi connectivity index (χ1v) is 5.92. The highest BCUT2D eigenvalue weighted by atomic mass is 79.9. The van der Waals surface area contributed by atoms with Gasteiger partial charge < -0.3 is 0 Å². The van der Waals surface area contributed by atoms with Crippen molar-refractivity contribution in [3.8, 4) is 0 Å². The standard InChI is InChI=1S/C10H17BBr/c1-6-8-4-7(10(8,2)3)5-9(6)11-12/h6-9H,4-5H2,1-3H3. The first-order chi connectivity index (χ1) is 5.57. The molecule has 67 valence electrons. The molecule has 0 amide bonds. The zero-order chi connectivity index (χ0) is 8.93. The summed E-state index contributed by atoms with van der Waals surface area (Å²) < 4.78 is 0. The van der Waals surface area contributed by atoms with Crippen LogP contribution >= 0.6 is 15.8 Å². The number of rotatable bonds is 1. The van der Waals surface area contributed by atoms with E-state index in [1.165, 1.54) is 12.8 Å². The Morgan fingerprint density at radius 3 is 2.42 bits per heavy atom. The third kappa shape index (κ3) is 1.03. The van der Waals surface area contributed by atoms with Crippen LogP contribution in [0, 0.1) is 23.2 Å². The molecule has 0 N–H and O–H groups in total. The molecule has 3 aliphatic carbocycles. The lowest BCUT2D eigenvalue weighted by Gasteiger charge is -2.62. The average molecular weight is 228 g/mol. The molecular weight excluding hydrogens is 211 g/mol. The molecular formula is C10H17BBr. The first-order valence-electron chi connectivity index (χ1n) is 5.01. The Balaban J connectivity index is 2.11. The Morgan fingerprint density at radius 2 is 2.00 bits per heavy atom. The molecule has 0 heterocycles. The quantitative estimate of drug-likeness (QED) is 0.602. The van der Waals surface area contributed by atoms with Gasteiger partial charge >= 0.3 is 0 Å². The predicted octanol–water partition coefficient (Wildman–Crippen LogP) is 3.49. The summed E-state index contributed by atoms with van der Waals surface area (Å²) >= 11 is 3.51. The van der Waals surface area contributed by atoms with Crippen molar-refractivity contribution in [2.45, 2.75) is 39.4 Å². The molecule has 3 saturated carbocycles. The number of halogens is 1. The van der Waals surface area contributed by atoms with Crippen LogP contribution in [0.15, 0.2) is 0 Å². The number of fused-ring (bicyclic) bond motifs is 2. The molecule has 12 heavy (non-hydrogen) atoms. The molecule has 1 radical (unpaired) electrons. The van der Waals surface area contributed by atoms with E-state index in [0.29, 0.717) is 5.41 Å². The molecule has 0 aromatic rings. The lowest BCUT2D eigenvalue weighted by molar-refractivity contribution is -0.0981. The predicted molar refractivity (Wildman–Crippen MR) is 57.6 cm³/mol. The van der Waals surface area contributed by atoms with Crippen LogP contribution in [0.4, 0.5) is 0 Å². The van der Waals surface area contributed by atoms with Crippen LogP contribution in [0.2, 0.25) is 5.82 Å². The molecule has 2 heteroatoms. The van der Waals surface area contributed by atoms with E-state index in [1.807, 2.05) is 0 Å². The van der Waals surface area contributed by atoms with E-state index in [4.69, 9.17) is 0 Å². The third-order valence-corrected chi connectivity index (χ3v) is 5.25. The van der Waals surface area contributed by atoms with Gasteiger partial charge in [-0.3, -0.25) is 0 Å². The molecule has 0 nitrogen and oxygen atoms in total. The van der Waals surface area contributed by atoms with Gasteiger partial charge in [0.1, 0.15) is 0 Å². The lowest BCUT2D eigenvalue weighted by atomic mass is 9.41. The molecule has 3 rings (SSSR count). The van der Waals surface area contributed by atoms with Crippen molar-refractivity contribution < 1.29 is 0 Å². The summed E-state index contributed by atoms with van der Waals surface area (Å²) in [6.45, 7) is 7.32. The molecule has 0 spiro atoms. The van der Waals surface area contributed by atoms with E-state index in [0.717, 1.165) is 23.6 Å². The molecule has 2 bridgehead atoms. The van der Waals surface area contributed by atoms with Gasteiger partial charge in [0.15, 0.2) is 0 Å². The highest BCUT2D eigenvalue weighted by Crippen LogP contribution is 2.64. The third-order valence-electron chi connectivity index (χ3n) is 4.57. The Kier molecular flexibility index (Phi) is 2.10. The van der Waals surface area contributed by atoms with Gasteiger partial charge in [-0.1, -0.05) is 33.0 Å². The second-order valence-electron chi connectivity index (χ2n) is 5.25.